The van der Waals surface area contributed by atoms with Crippen molar-refractivity contribution in [1.82, 2.24) is 0 Å². The number of ether oxygens (including phenoxy) is 1. The SMILES string of the molecule is CCCCCCOC(=O)c1cc(C)cc(S(N)(=O)=O)c1. The summed E-state index contributed by atoms with van der Waals surface area (Å²) in [5.41, 5.74) is 0.860. The number of rotatable bonds is 7. The summed E-state index contributed by atoms with van der Waals surface area (Å²) >= 11 is 0. The van der Waals surface area contributed by atoms with Gasteiger partial charge in [0.05, 0.1) is 17.1 Å². The first-order chi connectivity index (χ1) is 9.34. The molecule has 0 atom stereocenters. The number of carbonyl (C=O) groups excluding carboxylic acids is 1. The summed E-state index contributed by atoms with van der Waals surface area (Å²) in [5, 5.41) is 5.07. The number of aryl methyl sites for hydroxylation is 1. The average molecular weight is 299 g/mol. The fraction of sp³-hybridized carbons (Fsp3) is 0.500. The second-order valence-corrected chi connectivity index (χ2v) is 6.34. The van der Waals surface area contributed by atoms with Crippen LogP contribution in [0, 0.1) is 6.92 Å². The van der Waals surface area contributed by atoms with Crippen LogP contribution in [-0.2, 0) is 14.8 Å². The van der Waals surface area contributed by atoms with Crippen LogP contribution in [0.25, 0.3) is 0 Å². The normalized spacial score (nSPS) is 11.3. The topological polar surface area (TPSA) is 86.5 Å². The molecular formula is C14H21NO4S. The van der Waals surface area contributed by atoms with Crippen molar-refractivity contribution < 1.29 is 17.9 Å². The molecule has 1 rings (SSSR count). The van der Waals surface area contributed by atoms with Crippen LogP contribution >= 0.6 is 0 Å². The first-order valence-electron chi connectivity index (χ1n) is 6.66. The second kappa shape index (κ2) is 7.40. The molecule has 0 amide bonds. The quantitative estimate of drug-likeness (QED) is 0.618. The molecule has 0 heterocycles. The summed E-state index contributed by atoms with van der Waals surface area (Å²) in [7, 11) is -3.82. The number of carbonyl (C=O) groups is 1. The van der Waals surface area contributed by atoms with Crippen molar-refractivity contribution in [2.24, 2.45) is 5.14 Å². The predicted octanol–water partition coefficient (Wildman–Crippen LogP) is 2.38. The van der Waals surface area contributed by atoms with Gasteiger partial charge in [0.1, 0.15) is 0 Å². The molecule has 0 saturated heterocycles. The van der Waals surface area contributed by atoms with Crippen LogP contribution in [0.15, 0.2) is 23.1 Å². The number of unbranched alkanes of at least 4 members (excludes halogenated alkanes) is 3. The number of esters is 1. The molecule has 6 heteroatoms. The van der Waals surface area contributed by atoms with Gasteiger partial charge < -0.3 is 4.74 Å². The molecule has 1 aromatic rings. The summed E-state index contributed by atoms with van der Waals surface area (Å²) in [6.45, 7) is 4.15. The highest BCUT2D eigenvalue weighted by Gasteiger charge is 2.14. The number of hydrogen-bond donors (Lipinski definition) is 1. The molecule has 20 heavy (non-hydrogen) atoms. The van der Waals surface area contributed by atoms with E-state index in [2.05, 4.69) is 6.92 Å². The van der Waals surface area contributed by atoms with E-state index in [0.29, 0.717) is 12.2 Å². The van der Waals surface area contributed by atoms with Crippen LogP contribution in [0.3, 0.4) is 0 Å². The van der Waals surface area contributed by atoms with Gasteiger partial charge in [-0.3, -0.25) is 0 Å². The van der Waals surface area contributed by atoms with Crippen molar-refractivity contribution >= 4 is 16.0 Å². The molecule has 0 aliphatic carbocycles. The van der Waals surface area contributed by atoms with Gasteiger partial charge in [-0.25, -0.2) is 18.4 Å². The van der Waals surface area contributed by atoms with E-state index in [1.165, 1.54) is 12.1 Å². The summed E-state index contributed by atoms with van der Waals surface area (Å²) in [4.78, 5) is 11.8. The summed E-state index contributed by atoms with van der Waals surface area (Å²) in [6, 6.07) is 4.26. The van der Waals surface area contributed by atoms with Gasteiger partial charge in [0.2, 0.25) is 10.0 Å². The van der Waals surface area contributed by atoms with Crippen LogP contribution in [0.5, 0.6) is 0 Å². The summed E-state index contributed by atoms with van der Waals surface area (Å²) in [5.74, 6) is -0.518. The zero-order valence-corrected chi connectivity index (χ0v) is 12.7. The number of benzene rings is 1. The number of nitrogens with two attached hydrogens (primary N) is 1. The lowest BCUT2D eigenvalue weighted by Gasteiger charge is -2.07. The maximum Gasteiger partial charge on any atom is 0.338 e. The highest BCUT2D eigenvalue weighted by Crippen LogP contribution is 2.14. The Morgan fingerprint density at radius 2 is 1.90 bits per heavy atom. The third kappa shape index (κ3) is 5.30. The maximum atomic E-state index is 11.9. The first-order valence-corrected chi connectivity index (χ1v) is 8.21. The van der Waals surface area contributed by atoms with Crippen LogP contribution < -0.4 is 5.14 Å². The van der Waals surface area contributed by atoms with Gasteiger partial charge in [-0.2, -0.15) is 0 Å². The molecule has 1 aromatic carbocycles. The van der Waals surface area contributed by atoms with E-state index < -0.39 is 16.0 Å². The zero-order chi connectivity index (χ0) is 15.2. The Kier molecular flexibility index (Phi) is 6.16. The molecule has 5 nitrogen and oxygen atoms in total. The molecule has 0 aromatic heterocycles. The molecule has 0 saturated carbocycles. The van der Waals surface area contributed by atoms with Gasteiger partial charge in [-0.05, 0) is 37.1 Å². The van der Waals surface area contributed by atoms with E-state index in [1.54, 1.807) is 13.0 Å². The summed E-state index contributed by atoms with van der Waals surface area (Å²) < 4.78 is 27.8. The van der Waals surface area contributed by atoms with E-state index in [1.807, 2.05) is 0 Å². The van der Waals surface area contributed by atoms with Crippen LogP contribution in [-0.4, -0.2) is 21.0 Å². The Balaban J connectivity index is 2.71. The molecule has 0 fully saturated rings. The van der Waals surface area contributed by atoms with Crippen molar-refractivity contribution in [2.75, 3.05) is 6.61 Å². The van der Waals surface area contributed by atoms with Gasteiger partial charge in [0.15, 0.2) is 0 Å². The average Bonchev–Trinajstić information content (AvgIpc) is 2.36. The van der Waals surface area contributed by atoms with E-state index in [0.717, 1.165) is 25.7 Å². The molecule has 0 aliphatic rings. The molecule has 2 N–H and O–H groups in total. The monoisotopic (exact) mass is 299 g/mol. The summed E-state index contributed by atoms with van der Waals surface area (Å²) in [6.07, 6.45) is 4.05. The molecule has 112 valence electrons. The highest BCUT2D eigenvalue weighted by molar-refractivity contribution is 7.89. The number of sulfonamides is 1. The molecule has 0 bridgehead atoms. The van der Waals surface area contributed by atoms with Gasteiger partial charge in [0, 0.05) is 0 Å². The standard InChI is InChI=1S/C14H21NO4S/c1-3-4-5-6-7-19-14(16)12-8-11(2)9-13(10-12)20(15,17)18/h8-10H,3-7H2,1-2H3,(H2,15,17,18). The second-order valence-electron chi connectivity index (χ2n) is 4.78. The van der Waals surface area contributed by atoms with Crippen molar-refractivity contribution in [3.63, 3.8) is 0 Å². The van der Waals surface area contributed by atoms with Crippen LogP contribution in [0.4, 0.5) is 0 Å². The van der Waals surface area contributed by atoms with Gasteiger partial charge in [-0.15, -0.1) is 0 Å². The van der Waals surface area contributed by atoms with Crippen molar-refractivity contribution in [3.8, 4) is 0 Å². The lowest BCUT2D eigenvalue weighted by Crippen LogP contribution is -2.14. The Morgan fingerprint density at radius 1 is 1.20 bits per heavy atom. The van der Waals surface area contributed by atoms with Crippen LogP contribution in [0.1, 0.15) is 48.5 Å². The highest BCUT2D eigenvalue weighted by atomic mass is 32.2. The van der Waals surface area contributed by atoms with E-state index in [-0.39, 0.29) is 10.5 Å². The van der Waals surface area contributed by atoms with Crippen molar-refractivity contribution in [2.45, 2.75) is 44.4 Å². The maximum absolute atomic E-state index is 11.9. The molecule has 0 aliphatic heterocycles. The lowest BCUT2D eigenvalue weighted by molar-refractivity contribution is 0.0497. The Bertz CT molecular complexity index is 567. The third-order valence-electron chi connectivity index (χ3n) is 2.85. The smallest absolute Gasteiger partial charge is 0.338 e. The Morgan fingerprint density at radius 3 is 2.50 bits per heavy atom. The predicted molar refractivity (Wildman–Crippen MR) is 77.0 cm³/mol. The van der Waals surface area contributed by atoms with E-state index in [4.69, 9.17) is 9.88 Å². The minimum absolute atomic E-state index is 0.0737. The van der Waals surface area contributed by atoms with E-state index >= 15 is 0 Å². The van der Waals surface area contributed by atoms with Gasteiger partial charge in [-0.1, -0.05) is 26.2 Å². The Labute approximate surface area is 120 Å². The molecular weight excluding hydrogens is 278 g/mol. The number of hydrogen-bond acceptors (Lipinski definition) is 4. The fourth-order valence-electron chi connectivity index (χ4n) is 1.81. The van der Waals surface area contributed by atoms with Crippen molar-refractivity contribution in [3.05, 3.63) is 29.3 Å². The largest absolute Gasteiger partial charge is 0.462 e. The number of primary sulfonamides is 1. The minimum Gasteiger partial charge on any atom is -0.462 e. The van der Waals surface area contributed by atoms with Crippen LogP contribution in [0.2, 0.25) is 0 Å². The molecule has 0 unspecified atom stereocenters. The Hall–Kier alpha value is -1.40. The molecule has 0 radical (unpaired) electrons. The third-order valence-corrected chi connectivity index (χ3v) is 3.74. The zero-order valence-electron chi connectivity index (χ0n) is 11.9. The van der Waals surface area contributed by atoms with Gasteiger partial charge >= 0.3 is 5.97 Å². The lowest BCUT2D eigenvalue weighted by atomic mass is 10.1. The molecule has 0 spiro atoms. The first kappa shape index (κ1) is 16.7. The van der Waals surface area contributed by atoms with Crippen molar-refractivity contribution in [1.29, 1.82) is 0 Å². The fourth-order valence-corrected chi connectivity index (χ4v) is 2.45. The van der Waals surface area contributed by atoms with E-state index in [9.17, 15) is 13.2 Å². The van der Waals surface area contributed by atoms with Gasteiger partial charge in [0.25, 0.3) is 0 Å². The minimum atomic E-state index is -3.82.